The topological polar surface area (TPSA) is 88.3 Å². The molecule has 2 fully saturated rings. The fourth-order valence-electron chi connectivity index (χ4n) is 3.83. The summed E-state index contributed by atoms with van der Waals surface area (Å²) in [7, 11) is 0. The molecule has 0 aromatic carbocycles. The molecule has 8 nitrogen and oxygen atoms in total. The van der Waals surface area contributed by atoms with Crippen molar-refractivity contribution >= 4 is 11.7 Å². The first-order chi connectivity index (χ1) is 12.2. The van der Waals surface area contributed by atoms with Gasteiger partial charge in [0, 0.05) is 39.0 Å². The number of aryl methyl sites for hydroxylation is 1. The van der Waals surface area contributed by atoms with Gasteiger partial charge in [-0.15, -0.1) is 0 Å². The van der Waals surface area contributed by atoms with Crippen molar-refractivity contribution < 1.29 is 9.32 Å². The van der Waals surface area contributed by atoms with Crippen molar-refractivity contribution in [2.75, 3.05) is 24.5 Å². The van der Waals surface area contributed by atoms with Gasteiger partial charge >= 0.3 is 0 Å². The molecular formula is C17H22N6O2. The fourth-order valence-corrected chi connectivity index (χ4v) is 3.83. The van der Waals surface area contributed by atoms with E-state index >= 15 is 0 Å². The summed E-state index contributed by atoms with van der Waals surface area (Å²) >= 11 is 0. The molecule has 2 saturated heterocycles. The minimum atomic E-state index is -0.0585. The number of carbonyl (C=O) groups excluding carboxylic acids is 1. The Morgan fingerprint density at radius 3 is 2.88 bits per heavy atom. The Balaban J connectivity index is 1.48. The number of hydrogen-bond donors (Lipinski definition) is 0. The Labute approximate surface area is 146 Å². The Morgan fingerprint density at radius 1 is 1.24 bits per heavy atom. The molecule has 2 atom stereocenters. The van der Waals surface area contributed by atoms with Crippen molar-refractivity contribution in [3.8, 4) is 0 Å². The Hall–Kier alpha value is -2.51. The summed E-state index contributed by atoms with van der Waals surface area (Å²) in [6, 6.07) is -0.0585. The van der Waals surface area contributed by atoms with Gasteiger partial charge in [0.1, 0.15) is 5.82 Å². The molecule has 0 saturated carbocycles. The van der Waals surface area contributed by atoms with Crippen LogP contribution < -0.4 is 4.90 Å². The molecule has 2 unspecified atom stereocenters. The first-order valence-electron chi connectivity index (χ1n) is 8.84. The maximum atomic E-state index is 13.1. The van der Waals surface area contributed by atoms with Crippen LogP contribution in [0, 0.1) is 12.8 Å². The highest BCUT2D eigenvalue weighted by Crippen LogP contribution is 2.33. The summed E-state index contributed by atoms with van der Waals surface area (Å²) in [4.78, 5) is 30.1. The highest BCUT2D eigenvalue weighted by molar-refractivity contribution is 5.80. The molecule has 0 N–H and O–H groups in total. The standard InChI is InChI=1S/C17H22N6O2/c1-12-20-16(21-25-12)14-5-3-9-23(14)17(24)13-4-2-8-22(11-13)15-10-18-6-7-19-15/h6-7,10,13-14H,2-5,8-9,11H2,1H3. The Kier molecular flexibility index (Phi) is 4.33. The first kappa shape index (κ1) is 16.0. The van der Waals surface area contributed by atoms with Crippen LogP contribution in [0.15, 0.2) is 23.1 Å². The molecule has 1 amide bonds. The molecule has 132 valence electrons. The van der Waals surface area contributed by atoms with Gasteiger partial charge in [-0.05, 0) is 25.7 Å². The highest BCUT2D eigenvalue weighted by atomic mass is 16.5. The van der Waals surface area contributed by atoms with Crippen molar-refractivity contribution in [3.05, 3.63) is 30.3 Å². The summed E-state index contributed by atoms with van der Waals surface area (Å²) < 4.78 is 5.10. The second-order valence-corrected chi connectivity index (χ2v) is 6.71. The van der Waals surface area contributed by atoms with Gasteiger partial charge in [-0.3, -0.25) is 9.78 Å². The van der Waals surface area contributed by atoms with Gasteiger partial charge in [-0.2, -0.15) is 4.98 Å². The lowest BCUT2D eigenvalue weighted by Crippen LogP contribution is -2.45. The lowest BCUT2D eigenvalue weighted by molar-refractivity contribution is -0.137. The lowest BCUT2D eigenvalue weighted by atomic mass is 9.96. The third-order valence-electron chi connectivity index (χ3n) is 5.02. The highest BCUT2D eigenvalue weighted by Gasteiger charge is 2.37. The molecule has 0 aliphatic carbocycles. The van der Waals surface area contributed by atoms with Crippen LogP contribution in [0.5, 0.6) is 0 Å². The number of nitrogens with zero attached hydrogens (tertiary/aromatic N) is 6. The Bertz CT molecular complexity index is 734. The molecule has 2 aromatic rings. The normalized spacial score (nSPS) is 23.9. The maximum absolute atomic E-state index is 13.1. The van der Waals surface area contributed by atoms with E-state index < -0.39 is 0 Å². The van der Waals surface area contributed by atoms with Gasteiger partial charge in [0.2, 0.25) is 11.8 Å². The third kappa shape index (κ3) is 3.20. The Morgan fingerprint density at radius 2 is 2.12 bits per heavy atom. The molecule has 0 spiro atoms. The van der Waals surface area contributed by atoms with Gasteiger partial charge in [0.05, 0.1) is 18.2 Å². The molecule has 4 heterocycles. The summed E-state index contributed by atoms with van der Waals surface area (Å²) in [5.74, 6) is 2.18. The maximum Gasteiger partial charge on any atom is 0.228 e. The van der Waals surface area contributed by atoms with E-state index in [4.69, 9.17) is 4.52 Å². The van der Waals surface area contributed by atoms with Gasteiger partial charge < -0.3 is 14.3 Å². The summed E-state index contributed by atoms with van der Waals surface area (Å²) in [6.45, 7) is 4.14. The number of amides is 1. The molecule has 8 heteroatoms. The average Bonchev–Trinajstić information content (AvgIpc) is 3.30. The molecule has 25 heavy (non-hydrogen) atoms. The van der Waals surface area contributed by atoms with Gasteiger partial charge in [-0.25, -0.2) is 4.98 Å². The fraction of sp³-hybridized carbons (Fsp3) is 0.588. The van der Waals surface area contributed by atoms with Crippen LogP contribution in [0.25, 0.3) is 0 Å². The van der Waals surface area contributed by atoms with Gasteiger partial charge in [-0.1, -0.05) is 5.16 Å². The van der Waals surface area contributed by atoms with Crippen LogP contribution in [-0.2, 0) is 4.79 Å². The van der Waals surface area contributed by atoms with Crippen molar-refractivity contribution in [1.82, 2.24) is 25.0 Å². The molecular weight excluding hydrogens is 320 g/mol. The monoisotopic (exact) mass is 342 g/mol. The summed E-state index contributed by atoms with van der Waals surface area (Å²) in [5, 5.41) is 4.03. The predicted octanol–water partition coefficient (Wildman–Crippen LogP) is 1.75. The SMILES string of the molecule is Cc1nc(C2CCCN2C(=O)C2CCCN(c3cnccn3)C2)no1. The zero-order chi connectivity index (χ0) is 17.2. The summed E-state index contributed by atoms with van der Waals surface area (Å²) in [6.07, 6.45) is 8.87. The smallest absolute Gasteiger partial charge is 0.228 e. The first-order valence-corrected chi connectivity index (χ1v) is 8.84. The number of aromatic nitrogens is 4. The van der Waals surface area contributed by atoms with Crippen LogP contribution in [-0.4, -0.2) is 50.5 Å². The number of anilines is 1. The molecule has 2 aromatic heterocycles. The molecule has 0 radical (unpaired) electrons. The number of likely N-dealkylation sites (tertiary alicyclic amines) is 1. The van der Waals surface area contributed by atoms with Crippen LogP contribution in [0.1, 0.15) is 43.4 Å². The second kappa shape index (κ2) is 6.78. The minimum Gasteiger partial charge on any atom is -0.355 e. The molecule has 2 aliphatic heterocycles. The van der Waals surface area contributed by atoms with E-state index in [2.05, 4.69) is 25.0 Å². The minimum absolute atomic E-state index is 0.0237. The van der Waals surface area contributed by atoms with Gasteiger partial charge in [0.15, 0.2) is 5.82 Å². The quantitative estimate of drug-likeness (QED) is 0.839. The van der Waals surface area contributed by atoms with Crippen molar-refractivity contribution in [2.24, 2.45) is 5.92 Å². The van der Waals surface area contributed by atoms with Crippen LogP contribution in [0.3, 0.4) is 0 Å². The molecule has 4 rings (SSSR count). The van der Waals surface area contributed by atoms with E-state index in [1.54, 1.807) is 25.5 Å². The van der Waals surface area contributed by atoms with E-state index in [1.807, 2.05) is 4.90 Å². The lowest BCUT2D eigenvalue weighted by Gasteiger charge is -2.35. The van der Waals surface area contributed by atoms with Crippen LogP contribution >= 0.6 is 0 Å². The largest absolute Gasteiger partial charge is 0.355 e. The second-order valence-electron chi connectivity index (χ2n) is 6.71. The zero-order valence-corrected chi connectivity index (χ0v) is 14.3. The zero-order valence-electron chi connectivity index (χ0n) is 14.3. The van der Waals surface area contributed by atoms with E-state index in [0.717, 1.165) is 44.6 Å². The number of piperidine rings is 1. The average molecular weight is 342 g/mol. The van der Waals surface area contributed by atoms with Crippen LogP contribution in [0.4, 0.5) is 5.82 Å². The van der Waals surface area contributed by atoms with E-state index in [1.165, 1.54) is 0 Å². The van der Waals surface area contributed by atoms with Crippen molar-refractivity contribution in [2.45, 2.75) is 38.6 Å². The number of hydrogen-bond acceptors (Lipinski definition) is 7. The predicted molar refractivity (Wildman–Crippen MR) is 89.7 cm³/mol. The number of rotatable bonds is 3. The summed E-state index contributed by atoms with van der Waals surface area (Å²) in [5.41, 5.74) is 0. The molecule has 0 bridgehead atoms. The number of carbonyl (C=O) groups is 1. The van der Waals surface area contributed by atoms with Crippen molar-refractivity contribution in [3.63, 3.8) is 0 Å². The van der Waals surface area contributed by atoms with Crippen molar-refractivity contribution in [1.29, 1.82) is 0 Å². The molecule has 2 aliphatic rings. The van der Waals surface area contributed by atoms with E-state index in [9.17, 15) is 4.79 Å². The van der Waals surface area contributed by atoms with Crippen LogP contribution in [0.2, 0.25) is 0 Å². The third-order valence-corrected chi connectivity index (χ3v) is 5.02. The van der Waals surface area contributed by atoms with Gasteiger partial charge in [0.25, 0.3) is 0 Å². The van der Waals surface area contributed by atoms with E-state index in [-0.39, 0.29) is 17.9 Å². The van der Waals surface area contributed by atoms with E-state index in [0.29, 0.717) is 18.3 Å².